The first-order valence-corrected chi connectivity index (χ1v) is 8.44. The van der Waals surface area contributed by atoms with Gasteiger partial charge >= 0.3 is 0 Å². The summed E-state index contributed by atoms with van der Waals surface area (Å²) in [5.74, 6) is 0.0820. The van der Waals surface area contributed by atoms with Crippen LogP contribution in [0.1, 0.15) is 43.7 Å². The molecule has 2 N–H and O–H groups in total. The lowest BCUT2D eigenvalue weighted by atomic mass is 10.1. The standard InChI is InChI=1S/C16H21N3OS/c1-2-6-11(17)16(20)19-10-5-8-13(19)15-18-12-7-3-4-9-14(12)21-15/h3-4,7,9,11,13H,2,5-6,8,10,17H2,1H3. The van der Waals surface area contributed by atoms with Crippen LogP contribution in [0.15, 0.2) is 24.3 Å². The quantitative estimate of drug-likeness (QED) is 0.944. The number of likely N-dealkylation sites (tertiary alicyclic amines) is 1. The molecule has 1 aliphatic rings. The minimum absolute atomic E-state index is 0.0820. The van der Waals surface area contributed by atoms with Crippen molar-refractivity contribution in [3.8, 4) is 0 Å². The van der Waals surface area contributed by atoms with Gasteiger partial charge < -0.3 is 10.6 Å². The molecular weight excluding hydrogens is 282 g/mol. The van der Waals surface area contributed by atoms with Gasteiger partial charge in [0.15, 0.2) is 0 Å². The van der Waals surface area contributed by atoms with Crippen molar-refractivity contribution in [2.45, 2.75) is 44.7 Å². The molecule has 2 heterocycles. The lowest BCUT2D eigenvalue weighted by molar-refractivity contribution is -0.133. The Kier molecular flexibility index (Phi) is 4.22. The van der Waals surface area contributed by atoms with Crippen LogP contribution in [-0.2, 0) is 4.79 Å². The van der Waals surface area contributed by atoms with E-state index in [1.165, 1.54) is 4.70 Å². The summed E-state index contributed by atoms with van der Waals surface area (Å²) in [7, 11) is 0. The molecule has 0 bridgehead atoms. The second-order valence-corrected chi connectivity index (χ2v) is 6.67. The number of hydrogen-bond donors (Lipinski definition) is 1. The lowest BCUT2D eigenvalue weighted by Gasteiger charge is -2.26. The highest BCUT2D eigenvalue weighted by molar-refractivity contribution is 7.18. The molecule has 1 aliphatic heterocycles. The molecule has 112 valence electrons. The number of amides is 1. The summed E-state index contributed by atoms with van der Waals surface area (Å²) in [5.41, 5.74) is 7.04. The number of fused-ring (bicyclic) bond motifs is 1. The molecule has 5 heteroatoms. The Morgan fingerprint density at radius 1 is 1.52 bits per heavy atom. The summed E-state index contributed by atoms with van der Waals surface area (Å²) in [6, 6.07) is 7.88. The van der Waals surface area contributed by atoms with E-state index in [4.69, 9.17) is 10.7 Å². The monoisotopic (exact) mass is 303 g/mol. The summed E-state index contributed by atoms with van der Waals surface area (Å²) in [6.45, 7) is 2.86. The summed E-state index contributed by atoms with van der Waals surface area (Å²) in [6.07, 6.45) is 3.71. The predicted molar refractivity (Wildman–Crippen MR) is 86.2 cm³/mol. The van der Waals surface area contributed by atoms with Crippen LogP contribution in [0.25, 0.3) is 10.2 Å². The van der Waals surface area contributed by atoms with Crippen molar-refractivity contribution in [3.63, 3.8) is 0 Å². The van der Waals surface area contributed by atoms with Crippen LogP contribution in [0.2, 0.25) is 0 Å². The Bertz CT molecular complexity index is 606. The zero-order valence-electron chi connectivity index (χ0n) is 12.3. The van der Waals surface area contributed by atoms with E-state index < -0.39 is 0 Å². The Morgan fingerprint density at radius 3 is 3.10 bits per heavy atom. The molecule has 4 nitrogen and oxygen atoms in total. The van der Waals surface area contributed by atoms with Crippen molar-refractivity contribution in [1.82, 2.24) is 9.88 Å². The molecule has 1 amide bonds. The molecular formula is C16H21N3OS. The molecule has 21 heavy (non-hydrogen) atoms. The van der Waals surface area contributed by atoms with E-state index in [-0.39, 0.29) is 18.0 Å². The van der Waals surface area contributed by atoms with Crippen molar-refractivity contribution < 1.29 is 4.79 Å². The number of carbonyl (C=O) groups excluding carboxylic acids is 1. The fraction of sp³-hybridized carbons (Fsp3) is 0.500. The van der Waals surface area contributed by atoms with Gasteiger partial charge in [0.1, 0.15) is 5.01 Å². The number of hydrogen-bond acceptors (Lipinski definition) is 4. The molecule has 2 aromatic rings. The van der Waals surface area contributed by atoms with Crippen LogP contribution in [0, 0.1) is 0 Å². The van der Waals surface area contributed by atoms with Gasteiger partial charge in [0.25, 0.3) is 0 Å². The number of carbonyl (C=O) groups is 1. The summed E-state index contributed by atoms with van der Waals surface area (Å²) in [4.78, 5) is 19.2. The van der Waals surface area contributed by atoms with E-state index in [0.717, 1.165) is 42.8 Å². The van der Waals surface area contributed by atoms with Crippen LogP contribution >= 0.6 is 11.3 Å². The van der Waals surface area contributed by atoms with E-state index >= 15 is 0 Å². The Balaban J connectivity index is 1.84. The molecule has 1 fully saturated rings. The van der Waals surface area contributed by atoms with Gasteiger partial charge in [-0.1, -0.05) is 25.5 Å². The van der Waals surface area contributed by atoms with Gasteiger partial charge in [0.2, 0.25) is 5.91 Å². The second kappa shape index (κ2) is 6.12. The highest BCUT2D eigenvalue weighted by atomic mass is 32.1. The lowest BCUT2D eigenvalue weighted by Crippen LogP contribution is -2.43. The topological polar surface area (TPSA) is 59.2 Å². The first kappa shape index (κ1) is 14.5. The minimum atomic E-state index is -0.370. The molecule has 0 aliphatic carbocycles. The molecule has 1 aromatic heterocycles. The van der Waals surface area contributed by atoms with Crippen LogP contribution in [-0.4, -0.2) is 28.4 Å². The van der Waals surface area contributed by atoms with E-state index in [9.17, 15) is 4.79 Å². The van der Waals surface area contributed by atoms with Crippen LogP contribution < -0.4 is 5.73 Å². The number of para-hydroxylation sites is 1. The highest BCUT2D eigenvalue weighted by Crippen LogP contribution is 2.36. The molecule has 2 unspecified atom stereocenters. The predicted octanol–water partition coefficient (Wildman–Crippen LogP) is 3.09. The van der Waals surface area contributed by atoms with E-state index in [1.807, 2.05) is 23.1 Å². The number of benzene rings is 1. The third kappa shape index (κ3) is 2.80. The maximum Gasteiger partial charge on any atom is 0.240 e. The van der Waals surface area contributed by atoms with Gasteiger partial charge in [-0.15, -0.1) is 11.3 Å². The van der Waals surface area contributed by atoms with Gasteiger partial charge in [0.05, 0.1) is 22.3 Å². The zero-order valence-corrected chi connectivity index (χ0v) is 13.1. The molecule has 2 atom stereocenters. The second-order valence-electron chi connectivity index (χ2n) is 5.60. The number of nitrogens with two attached hydrogens (primary N) is 1. The summed E-state index contributed by atoms with van der Waals surface area (Å²) < 4.78 is 1.18. The average Bonchev–Trinajstić information content (AvgIpc) is 3.12. The van der Waals surface area contributed by atoms with Crippen LogP contribution in [0.5, 0.6) is 0 Å². The number of aromatic nitrogens is 1. The molecule has 1 saturated heterocycles. The summed E-state index contributed by atoms with van der Waals surface area (Å²) in [5, 5.41) is 1.05. The maximum absolute atomic E-state index is 12.5. The van der Waals surface area contributed by atoms with Crippen molar-refractivity contribution in [3.05, 3.63) is 29.3 Å². The van der Waals surface area contributed by atoms with Crippen molar-refractivity contribution in [1.29, 1.82) is 0 Å². The Labute approximate surface area is 129 Å². The SMILES string of the molecule is CCCC(N)C(=O)N1CCCC1c1nc2ccccc2s1. The molecule has 0 spiro atoms. The van der Waals surface area contributed by atoms with Gasteiger partial charge in [0, 0.05) is 6.54 Å². The van der Waals surface area contributed by atoms with Gasteiger partial charge in [-0.3, -0.25) is 4.79 Å². The fourth-order valence-corrected chi connectivity index (χ4v) is 4.08. The largest absolute Gasteiger partial charge is 0.332 e. The van der Waals surface area contributed by atoms with Gasteiger partial charge in [-0.25, -0.2) is 4.98 Å². The molecule has 0 radical (unpaired) electrons. The third-order valence-electron chi connectivity index (χ3n) is 4.05. The normalized spacial score (nSPS) is 20.1. The van der Waals surface area contributed by atoms with Crippen LogP contribution in [0.3, 0.4) is 0 Å². The van der Waals surface area contributed by atoms with E-state index in [2.05, 4.69) is 13.0 Å². The highest BCUT2D eigenvalue weighted by Gasteiger charge is 2.34. The maximum atomic E-state index is 12.5. The molecule has 1 aromatic carbocycles. The first-order chi connectivity index (χ1) is 10.2. The van der Waals surface area contributed by atoms with E-state index in [0.29, 0.717) is 0 Å². The fourth-order valence-electron chi connectivity index (χ4n) is 2.97. The number of nitrogens with zero attached hydrogens (tertiary/aromatic N) is 2. The zero-order chi connectivity index (χ0) is 14.8. The van der Waals surface area contributed by atoms with Gasteiger partial charge in [-0.05, 0) is 31.4 Å². The smallest absolute Gasteiger partial charge is 0.240 e. The third-order valence-corrected chi connectivity index (χ3v) is 5.19. The minimum Gasteiger partial charge on any atom is -0.332 e. The Morgan fingerprint density at radius 2 is 2.33 bits per heavy atom. The van der Waals surface area contributed by atoms with Crippen molar-refractivity contribution >= 4 is 27.5 Å². The van der Waals surface area contributed by atoms with E-state index in [1.54, 1.807) is 11.3 Å². The number of thiazole rings is 1. The molecule has 3 rings (SSSR count). The van der Waals surface area contributed by atoms with Crippen molar-refractivity contribution in [2.75, 3.05) is 6.54 Å². The van der Waals surface area contributed by atoms with Crippen molar-refractivity contribution in [2.24, 2.45) is 5.73 Å². The Hall–Kier alpha value is -1.46. The molecule has 0 saturated carbocycles. The average molecular weight is 303 g/mol. The van der Waals surface area contributed by atoms with Crippen LogP contribution in [0.4, 0.5) is 0 Å². The van der Waals surface area contributed by atoms with Gasteiger partial charge in [-0.2, -0.15) is 0 Å². The number of rotatable bonds is 4. The summed E-state index contributed by atoms with van der Waals surface area (Å²) >= 11 is 1.69. The first-order valence-electron chi connectivity index (χ1n) is 7.62.